The molecule has 0 bridgehead atoms. The molecule has 4 heteroatoms. The standard InChI is InChI=1S/C43H27N3O/c1-3-11-26(12-4-1)41-44-42(27-13-5-2-6-14-27)46-43(45-41)35-19-10-20-38-40(35)36-25-28(21-24-37(36)47-38)29-22-23-34-31-16-8-7-15-30(31)33-18-9-17-32(29)39(33)34/h1-24,28H,25H2. The lowest BCUT2D eigenvalue weighted by Crippen LogP contribution is -2.06. The minimum Gasteiger partial charge on any atom is -0.456 e. The van der Waals surface area contributed by atoms with Crippen molar-refractivity contribution in [1.82, 2.24) is 15.0 Å². The lowest BCUT2D eigenvalue weighted by molar-refractivity contribution is 0.592. The summed E-state index contributed by atoms with van der Waals surface area (Å²) in [4.78, 5) is 15.0. The van der Waals surface area contributed by atoms with Crippen LogP contribution in [0.5, 0.6) is 0 Å². The Kier molecular flexibility index (Phi) is 5.67. The van der Waals surface area contributed by atoms with Gasteiger partial charge < -0.3 is 4.42 Å². The lowest BCUT2D eigenvalue weighted by atomic mass is 9.83. The maximum absolute atomic E-state index is 6.49. The molecule has 0 spiro atoms. The summed E-state index contributed by atoms with van der Waals surface area (Å²) in [5.41, 5.74) is 11.5. The number of rotatable bonds is 4. The highest BCUT2D eigenvalue weighted by Gasteiger charge is 2.28. The second-order valence-corrected chi connectivity index (χ2v) is 12.3. The predicted octanol–water partition coefficient (Wildman–Crippen LogP) is 10.8. The van der Waals surface area contributed by atoms with Crippen LogP contribution in [-0.4, -0.2) is 15.0 Å². The smallest absolute Gasteiger partial charge is 0.164 e. The Morgan fingerprint density at radius 1 is 0.489 bits per heavy atom. The number of hydrogen-bond acceptors (Lipinski definition) is 4. The number of aromatic nitrogens is 3. The Morgan fingerprint density at radius 3 is 1.81 bits per heavy atom. The normalized spacial score (nSPS) is 14.4. The second-order valence-electron chi connectivity index (χ2n) is 12.3. The molecule has 6 aromatic carbocycles. The van der Waals surface area contributed by atoms with Crippen molar-refractivity contribution >= 4 is 27.8 Å². The fourth-order valence-corrected chi connectivity index (χ4v) is 7.54. The van der Waals surface area contributed by atoms with Crippen LogP contribution in [0.3, 0.4) is 0 Å². The first-order valence-electron chi connectivity index (χ1n) is 16.1. The van der Waals surface area contributed by atoms with E-state index in [1.807, 2.05) is 72.8 Å². The van der Waals surface area contributed by atoms with E-state index in [2.05, 4.69) is 72.8 Å². The SMILES string of the molecule is C1=CC(c2ccc3c4c(cccc24)-c2ccccc2-3)Cc2c1oc1cccc(-c3nc(-c4ccccc4)nc(-c4ccccc4)n3)c21. The van der Waals surface area contributed by atoms with Gasteiger partial charge in [0.2, 0.25) is 0 Å². The van der Waals surface area contributed by atoms with E-state index in [1.54, 1.807) is 0 Å². The summed E-state index contributed by atoms with van der Waals surface area (Å²) in [5, 5.41) is 3.74. The van der Waals surface area contributed by atoms with E-state index in [0.717, 1.165) is 39.8 Å². The van der Waals surface area contributed by atoms with Crippen molar-refractivity contribution in [2.24, 2.45) is 0 Å². The van der Waals surface area contributed by atoms with Gasteiger partial charge in [0.25, 0.3) is 0 Å². The molecular weight excluding hydrogens is 574 g/mol. The van der Waals surface area contributed by atoms with Crippen molar-refractivity contribution in [3.05, 3.63) is 156 Å². The molecule has 0 radical (unpaired) electrons. The molecule has 4 nitrogen and oxygen atoms in total. The third kappa shape index (κ3) is 4.05. The van der Waals surface area contributed by atoms with E-state index in [1.165, 1.54) is 44.2 Å². The summed E-state index contributed by atoms with van der Waals surface area (Å²) >= 11 is 0. The number of furan rings is 1. The Balaban J connectivity index is 1.12. The average Bonchev–Trinajstić information content (AvgIpc) is 3.69. The quantitative estimate of drug-likeness (QED) is 0.201. The molecule has 0 aliphatic heterocycles. The first-order valence-corrected chi connectivity index (χ1v) is 16.1. The van der Waals surface area contributed by atoms with E-state index >= 15 is 0 Å². The number of nitrogens with zero attached hydrogens (tertiary/aromatic N) is 3. The summed E-state index contributed by atoms with van der Waals surface area (Å²) in [6, 6.07) is 46.6. The Hall–Kier alpha value is -6.13. The van der Waals surface area contributed by atoms with Gasteiger partial charge in [0.05, 0.1) is 0 Å². The van der Waals surface area contributed by atoms with Crippen molar-refractivity contribution in [1.29, 1.82) is 0 Å². The van der Waals surface area contributed by atoms with Gasteiger partial charge in [0.15, 0.2) is 17.5 Å². The van der Waals surface area contributed by atoms with Gasteiger partial charge in [-0.3, -0.25) is 0 Å². The molecule has 0 amide bonds. The zero-order valence-corrected chi connectivity index (χ0v) is 25.4. The van der Waals surface area contributed by atoms with Crippen LogP contribution < -0.4 is 0 Å². The van der Waals surface area contributed by atoms with Gasteiger partial charge in [-0.15, -0.1) is 0 Å². The van der Waals surface area contributed by atoms with E-state index in [-0.39, 0.29) is 5.92 Å². The maximum atomic E-state index is 6.49. The van der Waals surface area contributed by atoms with Crippen molar-refractivity contribution in [3.63, 3.8) is 0 Å². The van der Waals surface area contributed by atoms with Crippen molar-refractivity contribution < 1.29 is 4.42 Å². The highest BCUT2D eigenvalue weighted by Crippen LogP contribution is 2.50. The zero-order chi connectivity index (χ0) is 30.9. The molecular formula is C43H27N3O. The van der Waals surface area contributed by atoms with Gasteiger partial charge in [0, 0.05) is 33.6 Å². The molecule has 2 aromatic heterocycles. The molecule has 2 aliphatic rings. The summed E-state index contributed by atoms with van der Waals surface area (Å²) in [6.07, 6.45) is 5.29. The number of benzene rings is 6. The average molecular weight is 602 g/mol. The van der Waals surface area contributed by atoms with Crippen LogP contribution in [0.4, 0.5) is 0 Å². The Bertz CT molecular complexity index is 2460. The number of fused-ring (bicyclic) bond motifs is 6. The van der Waals surface area contributed by atoms with Gasteiger partial charge in [-0.1, -0.05) is 133 Å². The molecule has 0 saturated carbocycles. The van der Waals surface area contributed by atoms with Gasteiger partial charge in [-0.05, 0) is 57.2 Å². The number of hydrogen-bond donors (Lipinski definition) is 0. The van der Waals surface area contributed by atoms with Crippen LogP contribution in [0.15, 0.2) is 144 Å². The van der Waals surface area contributed by atoms with Crippen LogP contribution in [-0.2, 0) is 6.42 Å². The van der Waals surface area contributed by atoms with E-state index in [9.17, 15) is 0 Å². The number of allylic oxidation sites excluding steroid dienone is 1. The fraction of sp³-hybridized carbons (Fsp3) is 0.0465. The minimum atomic E-state index is 0.197. The van der Waals surface area contributed by atoms with Crippen LogP contribution >= 0.6 is 0 Å². The topological polar surface area (TPSA) is 51.8 Å². The second kappa shape index (κ2) is 10.2. The molecule has 8 aromatic rings. The van der Waals surface area contributed by atoms with Crippen LogP contribution in [0, 0.1) is 0 Å². The van der Waals surface area contributed by atoms with E-state index in [4.69, 9.17) is 19.4 Å². The molecule has 0 saturated heterocycles. The van der Waals surface area contributed by atoms with Gasteiger partial charge in [0.1, 0.15) is 11.3 Å². The van der Waals surface area contributed by atoms with Gasteiger partial charge >= 0.3 is 0 Å². The maximum Gasteiger partial charge on any atom is 0.164 e. The summed E-state index contributed by atoms with van der Waals surface area (Å²) in [7, 11) is 0. The minimum absolute atomic E-state index is 0.197. The van der Waals surface area contributed by atoms with Gasteiger partial charge in [-0.2, -0.15) is 0 Å². The summed E-state index contributed by atoms with van der Waals surface area (Å²) in [6.45, 7) is 0. The largest absolute Gasteiger partial charge is 0.456 e. The summed E-state index contributed by atoms with van der Waals surface area (Å²) in [5.74, 6) is 3.04. The molecule has 0 fully saturated rings. The molecule has 1 unspecified atom stereocenters. The van der Waals surface area contributed by atoms with Crippen LogP contribution in [0.25, 0.3) is 84.2 Å². The molecule has 2 heterocycles. The molecule has 47 heavy (non-hydrogen) atoms. The van der Waals surface area contributed by atoms with Gasteiger partial charge in [-0.25, -0.2) is 15.0 Å². The fourth-order valence-electron chi connectivity index (χ4n) is 7.54. The van der Waals surface area contributed by atoms with Crippen LogP contribution in [0.1, 0.15) is 22.8 Å². The monoisotopic (exact) mass is 601 g/mol. The predicted molar refractivity (Wildman–Crippen MR) is 190 cm³/mol. The van der Waals surface area contributed by atoms with E-state index in [0.29, 0.717) is 17.5 Å². The zero-order valence-electron chi connectivity index (χ0n) is 25.4. The third-order valence-electron chi connectivity index (χ3n) is 9.67. The highest BCUT2D eigenvalue weighted by atomic mass is 16.3. The molecule has 2 aliphatic carbocycles. The molecule has 10 rings (SSSR count). The van der Waals surface area contributed by atoms with Crippen molar-refractivity contribution in [3.8, 4) is 56.4 Å². The highest BCUT2D eigenvalue weighted by molar-refractivity contribution is 6.16. The van der Waals surface area contributed by atoms with Crippen molar-refractivity contribution in [2.45, 2.75) is 12.3 Å². The van der Waals surface area contributed by atoms with E-state index < -0.39 is 0 Å². The lowest BCUT2D eigenvalue weighted by Gasteiger charge is -2.20. The molecule has 220 valence electrons. The Morgan fingerprint density at radius 2 is 1.09 bits per heavy atom. The summed E-state index contributed by atoms with van der Waals surface area (Å²) < 4.78 is 6.49. The Labute approximate surface area is 271 Å². The molecule has 1 atom stereocenters. The van der Waals surface area contributed by atoms with Crippen molar-refractivity contribution in [2.75, 3.05) is 0 Å². The first-order chi connectivity index (χ1) is 23.3. The first kappa shape index (κ1) is 26.1. The molecule has 0 N–H and O–H groups in total. The third-order valence-corrected chi connectivity index (χ3v) is 9.67. The van der Waals surface area contributed by atoms with Crippen LogP contribution in [0.2, 0.25) is 0 Å².